The minimum absolute atomic E-state index is 0.0642. The highest BCUT2D eigenvalue weighted by molar-refractivity contribution is 6.36. The van der Waals surface area contributed by atoms with Crippen molar-refractivity contribution in [3.63, 3.8) is 0 Å². The number of hydrogen-bond acceptors (Lipinski definition) is 5. The molecule has 9 heteroatoms. The summed E-state index contributed by atoms with van der Waals surface area (Å²) in [4.78, 5) is 26.3. The van der Waals surface area contributed by atoms with Crippen molar-refractivity contribution >= 4 is 29.1 Å². The van der Waals surface area contributed by atoms with Gasteiger partial charge in [0.05, 0.1) is 21.8 Å². The Hall–Kier alpha value is -2.77. The maximum Gasteiger partial charge on any atom is 0.442 e. The number of carbonyl (C=O) groups is 1. The molecule has 214 valence electrons. The first-order valence-electron chi connectivity index (χ1n) is 13.0. The van der Waals surface area contributed by atoms with Crippen LogP contribution in [0.2, 0.25) is 10.0 Å². The van der Waals surface area contributed by atoms with Crippen LogP contribution in [0.3, 0.4) is 0 Å². The van der Waals surface area contributed by atoms with Crippen molar-refractivity contribution in [3.8, 4) is 11.4 Å². The molecule has 0 saturated heterocycles. The van der Waals surface area contributed by atoms with Crippen molar-refractivity contribution < 1.29 is 13.9 Å². The first-order valence-corrected chi connectivity index (χ1v) is 13.8. The van der Waals surface area contributed by atoms with E-state index in [9.17, 15) is 9.59 Å². The lowest BCUT2D eigenvalue weighted by molar-refractivity contribution is -0.142. The third-order valence-electron chi connectivity index (χ3n) is 5.50. The van der Waals surface area contributed by atoms with E-state index < -0.39 is 5.76 Å². The van der Waals surface area contributed by atoms with Gasteiger partial charge in [-0.2, -0.15) is 4.68 Å². The summed E-state index contributed by atoms with van der Waals surface area (Å²) in [6.45, 7) is 20.2. The highest BCUT2D eigenvalue weighted by atomic mass is 35.5. The van der Waals surface area contributed by atoms with Gasteiger partial charge in [0, 0.05) is 29.5 Å². The minimum atomic E-state index is -0.607. The summed E-state index contributed by atoms with van der Waals surface area (Å²) in [6, 6.07) is 13.5. The second-order valence-electron chi connectivity index (χ2n) is 12.0. The zero-order valence-corrected chi connectivity index (χ0v) is 26.1. The molecular weight excluding hydrogens is 537 g/mol. The molecule has 0 atom stereocenters. The Labute approximate surface area is 242 Å². The van der Waals surface area contributed by atoms with Crippen LogP contribution in [-0.4, -0.2) is 32.7 Å². The first kappa shape index (κ1) is 32.4. The van der Waals surface area contributed by atoms with E-state index in [4.69, 9.17) is 32.4 Å². The first-order chi connectivity index (χ1) is 17.9. The van der Waals surface area contributed by atoms with E-state index in [0.29, 0.717) is 28.9 Å². The van der Waals surface area contributed by atoms with E-state index in [1.807, 2.05) is 78.5 Å². The Morgan fingerprint density at radius 2 is 1.59 bits per heavy atom. The Bertz CT molecular complexity index is 1300. The Balaban J connectivity index is 0.000000283. The Kier molecular flexibility index (Phi) is 10.9. The van der Waals surface area contributed by atoms with E-state index >= 15 is 0 Å². The summed E-state index contributed by atoms with van der Waals surface area (Å²) in [5.41, 5.74) is 0.837. The summed E-state index contributed by atoms with van der Waals surface area (Å²) < 4.78 is 11.9. The highest BCUT2D eigenvalue weighted by Crippen LogP contribution is 2.33. The maximum absolute atomic E-state index is 12.3. The summed E-state index contributed by atoms with van der Waals surface area (Å²) in [6.07, 6.45) is -0.0642. The molecule has 0 aliphatic carbocycles. The third-order valence-corrected chi connectivity index (χ3v) is 6.10. The van der Waals surface area contributed by atoms with Gasteiger partial charge in [-0.25, -0.2) is 4.79 Å². The number of hydrogen-bond donors (Lipinski definition) is 0. The molecule has 1 heterocycles. The second-order valence-corrected chi connectivity index (χ2v) is 12.8. The van der Waals surface area contributed by atoms with E-state index in [1.165, 1.54) is 11.6 Å². The van der Waals surface area contributed by atoms with Crippen molar-refractivity contribution in [2.45, 2.75) is 93.3 Å². The standard InChI is InChI=1S/C15H18Cl2N2O3.C15H23NO/c1-8(2)21-12-7-11(9(16)6-10(12)17)19-14(20)22-13(18-19)15(3,4)5;1-12(2)16(14(17)15(3,4)5)11-13-9-7-6-8-10-13/h6-8H,1-5H3;6-10,12H,11H2,1-5H3. The third kappa shape index (κ3) is 9.14. The van der Waals surface area contributed by atoms with Gasteiger partial charge in [0.25, 0.3) is 0 Å². The van der Waals surface area contributed by atoms with Crippen molar-refractivity contribution in [1.82, 2.24) is 14.7 Å². The van der Waals surface area contributed by atoms with Crippen LogP contribution in [0, 0.1) is 5.41 Å². The fraction of sp³-hybridized carbons (Fsp3) is 0.500. The topological polar surface area (TPSA) is 77.6 Å². The monoisotopic (exact) mass is 577 g/mol. The van der Waals surface area contributed by atoms with Crippen LogP contribution in [0.1, 0.15) is 80.7 Å². The van der Waals surface area contributed by atoms with Crippen molar-refractivity contribution in [1.29, 1.82) is 0 Å². The SMILES string of the molecule is CC(C)N(Cc1ccccc1)C(=O)C(C)(C)C.CC(C)Oc1cc(-n2nc(C(C)(C)C)oc2=O)c(Cl)cc1Cl. The number of amides is 1. The van der Waals surface area contributed by atoms with Gasteiger partial charge >= 0.3 is 5.76 Å². The van der Waals surface area contributed by atoms with E-state index in [2.05, 4.69) is 31.1 Å². The van der Waals surface area contributed by atoms with Gasteiger partial charge in [0.2, 0.25) is 11.8 Å². The van der Waals surface area contributed by atoms with Crippen LogP contribution in [-0.2, 0) is 16.8 Å². The predicted octanol–water partition coefficient (Wildman–Crippen LogP) is 7.69. The summed E-state index contributed by atoms with van der Waals surface area (Å²) in [5.74, 6) is 0.360. The van der Waals surface area contributed by atoms with Crippen LogP contribution in [0.5, 0.6) is 5.75 Å². The average Bonchev–Trinajstić information content (AvgIpc) is 3.21. The van der Waals surface area contributed by atoms with Gasteiger partial charge in [0.1, 0.15) is 5.75 Å². The van der Waals surface area contributed by atoms with Crippen LogP contribution >= 0.6 is 23.2 Å². The normalized spacial score (nSPS) is 11.8. The molecular formula is C30H41Cl2N3O4. The lowest BCUT2D eigenvalue weighted by Gasteiger charge is -2.32. The second kappa shape index (κ2) is 13.1. The minimum Gasteiger partial charge on any atom is -0.489 e. The number of carbonyl (C=O) groups excluding carboxylic acids is 1. The largest absolute Gasteiger partial charge is 0.489 e. The number of nitrogens with zero attached hydrogens (tertiary/aromatic N) is 3. The zero-order valence-electron chi connectivity index (χ0n) is 24.6. The van der Waals surface area contributed by atoms with Crippen LogP contribution < -0.4 is 10.5 Å². The van der Waals surface area contributed by atoms with Gasteiger partial charge in [-0.15, -0.1) is 5.10 Å². The highest BCUT2D eigenvalue weighted by Gasteiger charge is 2.29. The number of aromatic nitrogens is 2. The Morgan fingerprint density at radius 3 is 2.05 bits per heavy atom. The van der Waals surface area contributed by atoms with Crippen LogP contribution in [0.4, 0.5) is 0 Å². The smallest absolute Gasteiger partial charge is 0.442 e. The molecule has 39 heavy (non-hydrogen) atoms. The molecule has 3 rings (SSSR count). The lowest BCUT2D eigenvalue weighted by Crippen LogP contribution is -2.43. The van der Waals surface area contributed by atoms with Crippen LogP contribution in [0.15, 0.2) is 51.7 Å². The molecule has 0 bridgehead atoms. The van der Waals surface area contributed by atoms with Crippen molar-refractivity contribution in [2.75, 3.05) is 0 Å². The number of rotatable bonds is 6. The molecule has 0 fully saturated rings. The van der Waals surface area contributed by atoms with Gasteiger partial charge in [0.15, 0.2) is 0 Å². The fourth-order valence-corrected chi connectivity index (χ4v) is 3.97. The van der Waals surface area contributed by atoms with Crippen molar-refractivity contribution in [3.05, 3.63) is 74.5 Å². The number of benzene rings is 2. The molecule has 0 aliphatic rings. The van der Waals surface area contributed by atoms with Crippen molar-refractivity contribution in [2.24, 2.45) is 5.41 Å². The molecule has 3 aromatic rings. The zero-order chi connectivity index (χ0) is 29.7. The van der Waals surface area contributed by atoms with Gasteiger partial charge in [-0.1, -0.05) is 95.1 Å². The Morgan fingerprint density at radius 1 is 1.00 bits per heavy atom. The summed E-state index contributed by atoms with van der Waals surface area (Å²) >= 11 is 12.3. The van der Waals surface area contributed by atoms with Crippen LogP contribution in [0.25, 0.3) is 5.69 Å². The average molecular weight is 579 g/mol. The molecule has 7 nitrogen and oxygen atoms in total. The fourth-order valence-electron chi connectivity index (χ4n) is 3.46. The molecule has 0 aliphatic heterocycles. The van der Waals surface area contributed by atoms with E-state index in [1.54, 1.807) is 6.07 Å². The maximum atomic E-state index is 12.3. The summed E-state index contributed by atoms with van der Waals surface area (Å²) in [7, 11) is 0. The molecule has 0 radical (unpaired) electrons. The van der Waals surface area contributed by atoms with E-state index in [-0.39, 0.29) is 33.9 Å². The lowest BCUT2D eigenvalue weighted by atomic mass is 9.93. The molecule has 0 saturated carbocycles. The predicted molar refractivity (Wildman–Crippen MR) is 158 cm³/mol. The molecule has 0 N–H and O–H groups in total. The van der Waals surface area contributed by atoms with Gasteiger partial charge < -0.3 is 14.1 Å². The van der Waals surface area contributed by atoms with Gasteiger partial charge in [-0.3, -0.25) is 4.79 Å². The number of halogens is 2. The molecule has 2 aromatic carbocycles. The molecule has 1 aromatic heterocycles. The quantitative estimate of drug-likeness (QED) is 0.300. The van der Waals surface area contributed by atoms with Gasteiger partial charge in [-0.05, 0) is 39.3 Å². The number of ether oxygens (including phenoxy) is 1. The molecule has 0 spiro atoms. The summed E-state index contributed by atoms with van der Waals surface area (Å²) in [5, 5.41) is 4.88. The van der Waals surface area contributed by atoms with E-state index in [0.717, 1.165) is 4.68 Å². The molecule has 0 unspecified atom stereocenters. The molecule has 1 amide bonds.